The summed E-state index contributed by atoms with van der Waals surface area (Å²) in [6, 6.07) is 25.4. The number of esters is 1. The Hall–Kier alpha value is -3.07. The molecule has 0 aromatic heterocycles. The minimum atomic E-state index is -0.310. The third kappa shape index (κ3) is 3.85. The highest BCUT2D eigenvalue weighted by atomic mass is 16.5. The summed E-state index contributed by atoms with van der Waals surface area (Å²) in [5.74, 6) is -0.111. The quantitative estimate of drug-likeness (QED) is 0.514. The first-order chi connectivity index (χ1) is 14.4. The second-order valence-corrected chi connectivity index (χ2v) is 9.03. The highest BCUT2D eigenvalue weighted by Crippen LogP contribution is 2.45. The third-order valence-electron chi connectivity index (χ3n) is 6.05. The number of fused-ring (bicyclic) bond motifs is 1. The highest BCUT2D eigenvalue weighted by Gasteiger charge is 2.31. The van der Waals surface area contributed by atoms with Crippen LogP contribution in [0.5, 0.6) is 0 Å². The van der Waals surface area contributed by atoms with Crippen molar-refractivity contribution in [2.45, 2.75) is 44.6 Å². The van der Waals surface area contributed by atoms with Crippen LogP contribution in [-0.2, 0) is 10.2 Å². The van der Waals surface area contributed by atoms with Gasteiger partial charge in [0.1, 0.15) is 0 Å². The molecule has 0 aliphatic carbocycles. The zero-order chi connectivity index (χ0) is 21.3. The maximum absolute atomic E-state index is 12.5. The number of benzene rings is 3. The van der Waals surface area contributed by atoms with E-state index in [4.69, 9.17) is 4.74 Å². The van der Waals surface area contributed by atoms with Crippen molar-refractivity contribution in [3.8, 4) is 0 Å². The van der Waals surface area contributed by atoms with E-state index in [1.165, 1.54) is 23.8 Å². The molecule has 0 fully saturated rings. The summed E-state index contributed by atoms with van der Waals surface area (Å²) in [6.07, 6.45) is 0.927. The van der Waals surface area contributed by atoms with E-state index in [-0.39, 0.29) is 23.3 Å². The first-order valence-corrected chi connectivity index (χ1v) is 10.5. The van der Waals surface area contributed by atoms with Crippen molar-refractivity contribution in [2.75, 3.05) is 12.4 Å². The number of carbonyl (C=O) groups excluding carboxylic acids is 1. The number of para-hydroxylation sites is 1. The molecule has 0 bridgehead atoms. The standard InChI is InChI=1S/C27H29NO2/c1-27(2,3)20-15-13-18(14-16-20)23-17-24(19-9-6-5-7-10-19)28-25-21(23)11-8-12-22(25)26(29)30-4/h5-16,23-24,28H,17H2,1-4H3. The van der Waals surface area contributed by atoms with Gasteiger partial charge >= 0.3 is 5.97 Å². The molecule has 0 radical (unpaired) electrons. The Morgan fingerprint density at radius 2 is 1.60 bits per heavy atom. The molecule has 154 valence electrons. The lowest BCUT2D eigenvalue weighted by Crippen LogP contribution is -2.24. The Morgan fingerprint density at radius 1 is 0.900 bits per heavy atom. The number of methoxy groups -OCH3 is 1. The van der Waals surface area contributed by atoms with Crippen molar-refractivity contribution in [3.63, 3.8) is 0 Å². The van der Waals surface area contributed by atoms with Crippen molar-refractivity contribution in [2.24, 2.45) is 0 Å². The lowest BCUT2D eigenvalue weighted by atomic mass is 9.78. The van der Waals surface area contributed by atoms with Crippen molar-refractivity contribution in [1.29, 1.82) is 0 Å². The molecule has 0 saturated heterocycles. The van der Waals surface area contributed by atoms with Crippen LogP contribution in [0.2, 0.25) is 0 Å². The van der Waals surface area contributed by atoms with Gasteiger partial charge in [0.15, 0.2) is 0 Å². The van der Waals surface area contributed by atoms with Gasteiger partial charge in [-0.3, -0.25) is 0 Å². The fourth-order valence-corrected chi connectivity index (χ4v) is 4.33. The smallest absolute Gasteiger partial charge is 0.339 e. The molecular formula is C27H29NO2. The minimum absolute atomic E-state index is 0.120. The van der Waals surface area contributed by atoms with Gasteiger partial charge in [0.2, 0.25) is 0 Å². The van der Waals surface area contributed by atoms with Gasteiger partial charge in [-0.2, -0.15) is 0 Å². The molecule has 3 heteroatoms. The van der Waals surface area contributed by atoms with Crippen LogP contribution >= 0.6 is 0 Å². The third-order valence-corrected chi connectivity index (χ3v) is 6.05. The molecule has 0 spiro atoms. The number of carbonyl (C=O) groups is 1. The molecular weight excluding hydrogens is 370 g/mol. The van der Waals surface area contributed by atoms with E-state index < -0.39 is 0 Å². The predicted octanol–water partition coefficient (Wildman–Crippen LogP) is 6.46. The normalized spacial score (nSPS) is 18.3. The SMILES string of the molecule is COC(=O)c1cccc2c1NC(c1ccccc1)CC2c1ccc(C(C)(C)C)cc1. The summed E-state index contributed by atoms with van der Waals surface area (Å²) in [4.78, 5) is 12.5. The topological polar surface area (TPSA) is 38.3 Å². The number of nitrogens with one attached hydrogen (secondary N) is 1. The van der Waals surface area contributed by atoms with E-state index in [9.17, 15) is 4.79 Å². The molecule has 3 aromatic rings. The second-order valence-electron chi connectivity index (χ2n) is 9.03. The van der Waals surface area contributed by atoms with Crippen molar-refractivity contribution in [3.05, 3.63) is 101 Å². The number of anilines is 1. The number of hydrogen-bond donors (Lipinski definition) is 1. The number of ether oxygens (including phenoxy) is 1. The van der Waals surface area contributed by atoms with Gasteiger partial charge in [0.05, 0.1) is 24.4 Å². The van der Waals surface area contributed by atoms with Gasteiger partial charge in [-0.05, 0) is 40.2 Å². The van der Waals surface area contributed by atoms with Gasteiger partial charge in [-0.25, -0.2) is 4.79 Å². The molecule has 1 aliphatic rings. The van der Waals surface area contributed by atoms with Crippen LogP contribution in [0.1, 0.15) is 71.8 Å². The maximum Gasteiger partial charge on any atom is 0.339 e. The lowest BCUT2D eigenvalue weighted by molar-refractivity contribution is 0.0601. The van der Waals surface area contributed by atoms with Gasteiger partial charge in [0, 0.05) is 5.92 Å². The number of hydrogen-bond acceptors (Lipinski definition) is 3. The molecule has 1 aliphatic heterocycles. The Balaban J connectivity index is 1.81. The first-order valence-electron chi connectivity index (χ1n) is 10.5. The molecule has 30 heavy (non-hydrogen) atoms. The summed E-state index contributed by atoms with van der Waals surface area (Å²) in [7, 11) is 1.43. The summed E-state index contributed by atoms with van der Waals surface area (Å²) in [6.45, 7) is 6.70. The molecule has 3 aromatic carbocycles. The summed E-state index contributed by atoms with van der Waals surface area (Å²) in [5, 5.41) is 3.63. The second kappa shape index (κ2) is 7.98. The van der Waals surface area contributed by atoms with E-state index in [1.807, 2.05) is 18.2 Å². The summed E-state index contributed by atoms with van der Waals surface area (Å²) >= 11 is 0. The first kappa shape index (κ1) is 20.2. The monoisotopic (exact) mass is 399 g/mol. The molecule has 0 saturated carbocycles. The zero-order valence-corrected chi connectivity index (χ0v) is 18.1. The fourth-order valence-electron chi connectivity index (χ4n) is 4.33. The van der Waals surface area contributed by atoms with Crippen LogP contribution in [0.3, 0.4) is 0 Å². The van der Waals surface area contributed by atoms with E-state index in [0.717, 1.165) is 17.7 Å². The molecule has 2 unspecified atom stereocenters. The minimum Gasteiger partial charge on any atom is -0.465 e. The molecule has 1 N–H and O–H groups in total. The van der Waals surface area contributed by atoms with Gasteiger partial charge in [-0.1, -0.05) is 87.5 Å². The van der Waals surface area contributed by atoms with E-state index >= 15 is 0 Å². The average Bonchev–Trinajstić information content (AvgIpc) is 2.77. The Morgan fingerprint density at radius 3 is 2.23 bits per heavy atom. The van der Waals surface area contributed by atoms with Crippen LogP contribution in [0.15, 0.2) is 72.8 Å². The molecule has 4 rings (SSSR count). The zero-order valence-electron chi connectivity index (χ0n) is 18.1. The van der Waals surface area contributed by atoms with Crippen LogP contribution in [-0.4, -0.2) is 13.1 Å². The van der Waals surface area contributed by atoms with E-state index in [2.05, 4.69) is 80.7 Å². The lowest BCUT2D eigenvalue weighted by Gasteiger charge is -2.35. The fraction of sp³-hybridized carbons (Fsp3) is 0.296. The van der Waals surface area contributed by atoms with Crippen LogP contribution in [0.4, 0.5) is 5.69 Å². The van der Waals surface area contributed by atoms with Crippen molar-refractivity contribution in [1.82, 2.24) is 0 Å². The Bertz CT molecular complexity index is 1030. The van der Waals surface area contributed by atoms with Crippen LogP contribution < -0.4 is 5.32 Å². The van der Waals surface area contributed by atoms with Gasteiger partial charge < -0.3 is 10.1 Å². The van der Waals surface area contributed by atoms with Gasteiger partial charge in [-0.15, -0.1) is 0 Å². The summed E-state index contributed by atoms with van der Waals surface area (Å²) < 4.78 is 5.06. The Labute approximate surface area is 179 Å². The molecule has 1 heterocycles. The van der Waals surface area contributed by atoms with Crippen molar-refractivity contribution < 1.29 is 9.53 Å². The largest absolute Gasteiger partial charge is 0.465 e. The maximum atomic E-state index is 12.5. The predicted molar refractivity (Wildman–Crippen MR) is 122 cm³/mol. The summed E-state index contributed by atoms with van der Waals surface area (Å²) in [5.41, 5.74) is 6.56. The van der Waals surface area contributed by atoms with E-state index in [1.54, 1.807) is 0 Å². The Kier molecular flexibility index (Phi) is 5.38. The van der Waals surface area contributed by atoms with Gasteiger partial charge in [0.25, 0.3) is 0 Å². The van der Waals surface area contributed by atoms with Crippen LogP contribution in [0, 0.1) is 0 Å². The average molecular weight is 400 g/mol. The molecule has 2 atom stereocenters. The number of rotatable bonds is 3. The molecule has 3 nitrogen and oxygen atoms in total. The van der Waals surface area contributed by atoms with Crippen molar-refractivity contribution >= 4 is 11.7 Å². The highest BCUT2D eigenvalue weighted by molar-refractivity contribution is 5.97. The molecule has 0 amide bonds. The van der Waals surface area contributed by atoms with Crippen LogP contribution in [0.25, 0.3) is 0 Å². The van der Waals surface area contributed by atoms with E-state index in [0.29, 0.717) is 5.56 Å².